The Bertz CT molecular complexity index is 992. The number of nitrogens with zero attached hydrogens (tertiary/aromatic N) is 3. The lowest BCUT2D eigenvalue weighted by atomic mass is 10.1. The standard InChI is InChI=1S/C19H17N5OS2/c1-12-3-8-16(13(2)9-12)22-18-23-24-19(27-18)26-11-17(25)21-15-6-4-14(10-20)5-7-15/h3-9H,11H2,1-2H3,(H,21,25)(H,22,23). The summed E-state index contributed by atoms with van der Waals surface area (Å²) in [5, 5.41) is 23.8. The summed E-state index contributed by atoms with van der Waals surface area (Å²) in [6.45, 7) is 4.10. The number of nitrogens with one attached hydrogen (secondary N) is 2. The SMILES string of the molecule is Cc1ccc(Nc2nnc(SCC(=O)Nc3ccc(C#N)cc3)s2)c(C)c1. The number of aromatic nitrogens is 2. The van der Waals surface area contributed by atoms with E-state index in [1.54, 1.807) is 24.3 Å². The number of hydrogen-bond acceptors (Lipinski definition) is 7. The van der Waals surface area contributed by atoms with Crippen LogP contribution in [0.2, 0.25) is 0 Å². The molecule has 136 valence electrons. The molecule has 3 rings (SSSR count). The van der Waals surface area contributed by atoms with Gasteiger partial charge in [-0.2, -0.15) is 5.26 Å². The molecule has 1 amide bonds. The van der Waals surface area contributed by atoms with Gasteiger partial charge in [0.2, 0.25) is 11.0 Å². The zero-order valence-electron chi connectivity index (χ0n) is 14.8. The van der Waals surface area contributed by atoms with Crippen molar-refractivity contribution in [3.8, 4) is 6.07 Å². The van der Waals surface area contributed by atoms with Gasteiger partial charge < -0.3 is 10.6 Å². The van der Waals surface area contributed by atoms with Crippen LogP contribution in [0.5, 0.6) is 0 Å². The quantitative estimate of drug-likeness (QED) is 0.597. The predicted molar refractivity (Wildman–Crippen MR) is 110 cm³/mol. The van der Waals surface area contributed by atoms with Crippen molar-refractivity contribution in [2.75, 3.05) is 16.4 Å². The fourth-order valence-electron chi connectivity index (χ4n) is 2.34. The van der Waals surface area contributed by atoms with Crippen molar-refractivity contribution in [1.29, 1.82) is 5.26 Å². The molecule has 0 radical (unpaired) electrons. The van der Waals surface area contributed by atoms with E-state index >= 15 is 0 Å². The molecule has 0 spiro atoms. The first-order valence-electron chi connectivity index (χ1n) is 8.14. The number of nitriles is 1. The molecule has 27 heavy (non-hydrogen) atoms. The average Bonchev–Trinajstić information content (AvgIpc) is 3.10. The van der Waals surface area contributed by atoms with E-state index in [4.69, 9.17) is 5.26 Å². The molecule has 1 heterocycles. The molecule has 2 aromatic carbocycles. The zero-order chi connectivity index (χ0) is 19.2. The second-order valence-corrected chi connectivity index (χ2v) is 8.04. The Kier molecular flexibility index (Phi) is 6.06. The number of rotatable bonds is 6. The second-order valence-electron chi connectivity index (χ2n) is 5.84. The van der Waals surface area contributed by atoms with Crippen molar-refractivity contribution in [2.45, 2.75) is 18.2 Å². The Labute approximate surface area is 165 Å². The first-order valence-corrected chi connectivity index (χ1v) is 9.94. The molecule has 2 N–H and O–H groups in total. The minimum absolute atomic E-state index is 0.135. The summed E-state index contributed by atoms with van der Waals surface area (Å²) in [7, 11) is 0. The minimum Gasteiger partial charge on any atom is -0.330 e. The molecule has 1 aromatic heterocycles. The summed E-state index contributed by atoms with van der Waals surface area (Å²) in [5.74, 6) is 0.0989. The Morgan fingerprint density at radius 1 is 1.19 bits per heavy atom. The summed E-state index contributed by atoms with van der Waals surface area (Å²) in [4.78, 5) is 12.1. The molecule has 0 atom stereocenters. The van der Waals surface area contributed by atoms with Gasteiger partial charge in [-0.25, -0.2) is 0 Å². The van der Waals surface area contributed by atoms with Crippen LogP contribution in [0.1, 0.15) is 16.7 Å². The molecular formula is C19H17N5OS2. The number of thioether (sulfide) groups is 1. The summed E-state index contributed by atoms with van der Waals surface area (Å²) < 4.78 is 0.720. The van der Waals surface area contributed by atoms with E-state index in [2.05, 4.69) is 33.8 Å². The van der Waals surface area contributed by atoms with E-state index < -0.39 is 0 Å². The molecule has 0 saturated carbocycles. The van der Waals surface area contributed by atoms with Crippen LogP contribution >= 0.6 is 23.1 Å². The lowest BCUT2D eigenvalue weighted by Crippen LogP contribution is -2.13. The predicted octanol–water partition coefficient (Wildman–Crippen LogP) is 4.50. The highest BCUT2D eigenvalue weighted by Crippen LogP contribution is 2.29. The Hall–Kier alpha value is -2.89. The van der Waals surface area contributed by atoms with E-state index in [1.165, 1.54) is 28.7 Å². The van der Waals surface area contributed by atoms with Crippen molar-refractivity contribution in [3.05, 3.63) is 59.2 Å². The highest BCUT2D eigenvalue weighted by atomic mass is 32.2. The van der Waals surface area contributed by atoms with Gasteiger partial charge in [-0.15, -0.1) is 10.2 Å². The van der Waals surface area contributed by atoms with Gasteiger partial charge in [0.05, 0.1) is 17.4 Å². The molecule has 0 fully saturated rings. The van der Waals surface area contributed by atoms with Crippen LogP contribution in [0.4, 0.5) is 16.5 Å². The first-order chi connectivity index (χ1) is 13.0. The van der Waals surface area contributed by atoms with E-state index in [0.29, 0.717) is 16.4 Å². The van der Waals surface area contributed by atoms with Gasteiger partial charge >= 0.3 is 0 Å². The molecule has 8 heteroatoms. The first kappa shape index (κ1) is 18.9. The van der Waals surface area contributed by atoms with Crippen molar-refractivity contribution < 1.29 is 4.79 Å². The van der Waals surface area contributed by atoms with Crippen LogP contribution in [-0.2, 0) is 4.79 Å². The largest absolute Gasteiger partial charge is 0.330 e. The molecule has 3 aromatic rings. The van der Waals surface area contributed by atoms with E-state index in [1.807, 2.05) is 25.1 Å². The van der Waals surface area contributed by atoms with Crippen LogP contribution < -0.4 is 10.6 Å². The third-order valence-corrected chi connectivity index (χ3v) is 5.63. The van der Waals surface area contributed by atoms with Crippen molar-refractivity contribution in [2.24, 2.45) is 0 Å². The van der Waals surface area contributed by atoms with E-state index in [-0.39, 0.29) is 11.7 Å². The lowest BCUT2D eigenvalue weighted by molar-refractivity contribution is -0.113. The summed E-state index contributed by atoms with van der Waals surface area (Å²) >= 11 is 2.74. The van der Waals surface area contributed by atoms with Gasteiger partial charge in [-0.1, -0.05) is 40.8 Å². The van der Waals surface area contributed by atoms with Crippen LogP contribution in [0.15, 0.2) is 46.8 Å². The number of carbonyl (C=O) groups is 1. The molecular weight excluding hydrogens is 378 g/mol. The Morgan fingerprint density at radius 3 is 2.67 bits per heavy atom. The fraction of sp³-hybridized carbons (Fsp3) is 0.158. The van der Waals surface area contributed by atoms with Gasteiger partial charge in [0.15, 0.2) is 4.34 Å². The maximum Gasteiger partial charge on any atom is 0.234 e. The number of benzene rings is 2. The molecule has 0 aliphatic rings. The van der Waals surface area contributed by atoms with Crippen LogP contribution in [0, 0.1) is 25.2 Å². The molecule has 0 bridgehead atoms. The van der Waals surface area contributed by atoms with Crippen LogP contribution in [0.25, 0.3) is 0 Å². The van der Waals surface area contributed by atoms with Crippen LogP contribution in [0.3, 0.4) is 0 Å². The zero-order valence-corrected chi connectivity index (χ0v) is 16.4. The number of carbonyl (C=O) groups excluding carboxylic acids is 1. The van der Waals surface area contributed by atoms with E-state index in [0.717, 1.165) is 15.6 Å². The Balaban J connectivity index is 1.52. The topological polar surface area (TPSA) is 90.7 Å². The molecule has 0 unspecified atom stereocenters. The van der Waals surface area contributed by atoms with Crippen molar-refractivity contribution in [3.63, 3.8) is 0 Å². The average molecular weight is 396 g/mol. The Morgan fingerprint density at radius 2 is 1.96 bits per heavy atom. The second kappa shape index (κ2) is 8.66. The normalized spacial score (nSPS) is 10.3. The molecule has 6 nitrogen and oxygen atoms in total. The van der Waals surface area contributed by atoms with Gasteiger partial charge in [-0.3, -0.25) is 4.79 Å². The maximum atomic E-state index is 12.1. The van der Waals surface area contributed by atoms with Gasteiger partial charge in [-0.05, 0) is 49.7 Å². The molecule has 0 aliphatic carbocycles. The maximum absolute atomic E-state index is 12.1. The lowest BCUT2D eigenvalue weighted by Gasteiger charge is -2.06. The third kappa shape index (κ3) is 5.29. The summed E-state index contributed by atoms with van der Waals surface area (Å²) in [6.07, 6.45) is 0. The van der Waals surface area contributed by atoms with Gasteiger partial charge in [0, 0.05) is 11.4 Å². The minimum atomic E-state index is -0.135. The molecule has 0 aliphatic heterocycles. The van der Waals surface area contributed by atoms with Gasteiger partial charge in [0.1, 0.15) is 0 Å². The number of amides is 1. The fourth-order valence-corrected chi connectivity index (χ4v) is 3.90. The van der Waals surface area contributed by atoms with Gasteiger partial charge in [0.25, 0.3) is 0 Å². The van der Waals surface area contributed by atoms with Crippen molar-refractivity contribution >= 4 is 45.5 Å². The third-order valence-electron chi connectivity index (χ3n) is 3.65. The highest BCUT2D eigenvalue weighted by Gasteiger charge is 2.09. The summed E-state index contributed by atoms with van der Waals surface area (Å²) in [5.41, 5.74) is 4.56. The highest BCUT2D eigenvalue weighted by molar-refractivity contribution is 8.01. The van der Waals surface area contributed by atoms with E-state index in [9.17, 15) is 4.79 Å². The number of anilines is 3. The number of hydrogen-bond donors (Lipinski definition) is 2. The smallest absolute Gasteiger partial charge is 0.234 e. The van der Waals surface area contributed by atoms with Crippen LogP contribution in [-0.4, -0.2) is 21.9 Å². The number of aryl methyl sites for hydroxylation is 2. The summed E-state index contributed by atoms with van der Waals surface area (Å²) in [6, 6.07) is 14.9. The van der Waals surface area contributed by atoms with Crippen molar-refractivity contribution in [1.82, 2.24) is 10.2 Å². The molecule has 0 saturated heterocycles. The monoisotopic (exact) mass is 395 g/mol.